The van der Waals surface area contributed by atoms with Gasteiger partial charge < -0.3 is 9.84 Å². The van der Waals surface area contributed by atoms with Crippen LogP contribution in [0.3, 0.4) is 0 Å². The van der Waals surface area contributed by atoms with Crippen LogP contribution in [0, 0.1) is 0 Å². The molecule has 1 aliphatic rings. The number of rotatable bonds is 6. The first-order valence-electron chi connectivity index (χ1n) is 8.35. The standard InChI is InChI=1S/C17H19N3O4S2/c1-2-24-14(22)9-25-17-20-19-16(26-17)18-15(23)12-7-10-5-3-4-6-11(10)8-13(12)21/h7-8,21H,2-6,9H2,1H3,(H,18,19,23). The summed E-state index contributed by atoms with van der Waals surface area (Å²) in [6.45, 7) is 2.08. The van der Waals surface area contributed by atoms with Crippen LogP contribution in [0.15, 0.2) is 16.5 Å². The molecule has 1 aromatic carbocycles. The van der Waals surface area contributed by atoms with Crippen molar-refractivity contribution < 1.29 is 19.4 Å². The highest BCUT2D eigenvalue weighted by Crippen LogP contribution is 2.30. The number of nitrogens with zero attached hydrogens (tertiary/aromatic N) is 2. The van der Waals surface area contributed by atoms with Crippen molar-refractivity contribution in [3.63, 3.8) is 0 Å². The molecule has 0 saturated heterocycles. The van der Waals surface area contributed by atoms with E-state index in [9.17, 15) is 14.7 Å². The maximum absolute atomic E-state index is 12.5. The number of nitrogens with one attached hydrogen (secondary N) is 1. The minimum atomic E-state index is -0.422. The number of phenolic OH excluding ortho intramolecular Hbond substituents is 1. The van der Waals surface area contributed by atoms with Crippen molar-refractivity contribution in [2.45, 2.75) is 36.9 Å². The largest absolute Gasteiger partial charge is 0.507 e. The van der Waals surface area contributed by atoms with Gasteiger partial charge in [-0.3, -0.25) is 14.9 Å². The zero-order valence-electron chi connectivity index (χ0n) is 14.3. The summed E-state index contributed by atoms with van der Waals surface area (Å²) in [6.07, 6.45) is 4.05. The zero-order chi connectivity index (χ0) is 18.5. The van der Waals surface area contributed by atoms with Crippen molar-refractivity contribution >= 4 is 40.1 Å². The number of aromatic hydroxyl groups is 1. The van der Waals surface area contributed by atoms with Gasteiger partial charge in [-0.05, 0) is 55.9 Å². The molecule has 1 heterocycles. The molecule has 7 nitrogen and oxygen atoms in total. The van der Waals surface area contributed by atoms with Crippen LogP contribution in [0.1, 0.15) is 41.3 Å². The van der Waals surface area contributed by atoms with E-state index >= 15 is 0 Å². The Morgan fingerprint density at radius 2 is 2.00 bits per heavy atom. The normalized spacial score (nSPS) is 13.1. The molecule has 1 amide bonds. The SMILES string of the molecule is CCOC(=O)CSc1nnc(NC(=O)c2cc3c(cc2O)CCCC3)s1. The third-order valence-corrected chi connectivity index (χ3v) is 5.90. The zero-order valence-corrected chi connectivity index (χ0v) is 15.9. The second-order valence-corrected chi connectivity index (χ2v) is 7.97. The van der Waals surface area contributed by atoms with Gasteiger partial charge in [0.05, 0.1) is 17.9 Å². The quantitative estimate of drug-likeness (QED) is 0.442. The van der Waals surface area contributed by atoms with E-state index in [1.54, 1.807) is 19.1 Å². The van der Waals surface area contributed by atoms with E-state index in [0.29, 0.717) is 16.1 Å². The van der Waals surface area contributed by atoms with Crippen LogP contribution in [0.25, 0.3) is 0 Å². The van der Waals surface area contributed by atoms with Crippen LogP contribution < -0.4 is 5.32 Å². The summed E-state index contributed by atoms with van der Waals surface area (Å²) in [5.74, 6) is -0.627. The molecule has 9 heteroatoms. The first-order chi connectivity index (χ1) is 12.6. The molecule has 0 unspecified atom stereocenters. The Kier molecular flexibility index (Phi) is 6.10. The third-order valence-electron chi connectivity index (χ3n) is 3.95. The number of hydrogen-bond donors (Lipinski definition) is 2. The Morgan fingerprint density at radius 1 is 1.27 bits per heavy atom. The van der Waals surface area contributed by atoms with E-state index in [1.165, 1.54) is 23.1 Å². The Bertz CT molecular complexity index is 822. The van der Waals surface area contributed by atoms with E-state index in [-0.39, 0.29) is 23.0 Å². The highest BCUT2D eigenvalue weighted by atomic mass is 32.2. The lowest BCUT2D eigenvalue weighted by atomic mass is 9.90. The number of aryl methyl sites for hydroxylation is 2. The maximum Gasteiger partial charge on any atom is 0.316 e. The van der Waals surface area contributed by atoms with Crippen LogP contribution in [0.2, 0.25) is 0 Å². The van der Waals surface area contributed by atoms with Gasteiger partial charge in [-0.1, -0.05) is 23.1 Å². The summed E-state index contributed by atoms with van der Waals surface area (Å²) in [4.78, 5) is 23.8. The Labute approximate surface area is 159 Å². The number of carbonyl (C=O) groups excluding carboxylic acids is 2. The molecule has 0 atom stereocenters. The average Bonchev–Trinajstić information content (AvgIpc) is 3.07. The molecule has 2 N–H and O–H groups in total. The van der Waals surface area contributed by atoms with Gasteiger partial charge in [0.15, 0.2) is 4.34 Å². The molecule has 2 aromatic rings. The lowest BCUT2D eigenvalue weighted by Crippen LogP contribution is -2.14. The van der Waals surface area contributed by atoms with Crippen molar-refractivity contribution in [2.75, 3.05) is 17.7 Å². The number of amides is 1. The van der Waals surface area contributed by atoms with E-state index in [4.69, 9.17) is 4.74 Å². The van der Waals surface area contributed by atoms with Crippen LogP contribution in [-0.2, 0) is 22.4 Å². The first-order valence-corrected chi connectivity index (χ1v) is 10.1. The van der Waals surface area contributed by atoms with E-state index < -0.39 is 5.91 Å². The Hall–Kier alpha value is -2.13. The van der Waals surface area contributed by atoms with Gasteiger partial charge in [0.25, 0.3) is 5.91 Å². The number of thioether (sulfide) groups is 1. The summed E-state index contributed by atoms with van der Waals surface area (Å²) in [5.41, 5.74) is 2.46. The van der Waals surface area contributed by atoms with Crippen molar-refractivity contribution in [2.24, 2.45) is 0 Å². The predicted molar refractivity (Wildman–Crippen MR) is 100.0 cm³/mol. The summed E-state index contributed by atoms with van der Waals surface area (Å²) >= 11 is 2.37. The first kappa shape index (κ1) is 18.7. The molecule has 0 bridgehead atoms. The number of aromatic nitrogens is 2. The number of phenols is 1. The van der Waals surface area contributed by atoms with Gasteiger partial charge in [-0.15, -0.1) is 10.2 Å². The Morgan fingerprint density at radius 3 is 2.73 bits per heavy atom. The summed E-state index contributed by atoms with van der Waals surface area (Å²) in [7, 11) is 0. The van der Waals surface area contributed by atoms with Gasteiger partial charge in [0.1, 0.15) is 5.75 Å². The molecule has 0 aliphatic heterocycles. The minimum absolute atomic E-state index is 0.0235. The fraction of sp³-hybridized carbons (Fsp3) is 0.412. The van der Waals surface area contributed by atoms with Crippen LogP contribution >= 0.6 is 23.1 Å². The smallest absolute Gasteiger partial charge is 0.316 e. The number of carbonyl (C=O) groups is 2. The van der Waals surface area contributed by atoms with Gasteiger partial charge >= 0.3 is 5.97 Å². The molecule has 0 radical (unpaired) electrons. The van der Waals surface area contributed by atoms with E-state index in [1.807, 2.05) is 0 Å². The third kappa shape index (κ3) is 4.53. The number of ether oxygens (including phenoxy) is 1. The number of benzene rings is 1. The molecular formula is C17H19N3O4S2. The van der Waals surface area contributed by atoms with Crippen LogP contribution in [0.4, 0.5) is 5.13 Å². The summed E-state index contributed by atoms with van der Waals surface area (Å²) < 4.78 is 5.41. The number of hydrogen-bond acceptors (Lipinski definition) is 8. The van der Waals surface area contributed by atoms with Gasteiger partial charge in [0, 0.05) is 0 Å². The van der Waals surface area contributed by atoms with E-state index in [0.717, 1.165) is 36.8 Å². The topological polar surface area (TPSA) is 101 Å². The molecule has 3 rings (SSSR count). The average molecular weight is 393 g/mol. The molecule has 1 aromatic heterocycles. The van der Waals surface area contributed by atoms with Crippen molar-refractivity contribution in [1.82, 2.24) is 10.2 Å². The van der Waals surface area contributed by atoms with Crippen molar-refractivity contribution in [3.8, 4) is 5.75 Å². The molecule has 0 spiro atoms. The molecule has 26 heavy (non-hydrogen) atoms. The second kappa shape index (κ2) is 8.50. The number of anilines is 1. The lowest BCUT2D eigenvalue weighted by molar-refractivity contribution is -0.139. The molecule has 1 aliphatic carbocycles. The molecule has 0 saturated carbocycles. The summed E-state index contributed by atoms with van der Waals surface area (Å²) in [5, 5.41) is 21.0. The lowest BCUT2D eigenvalue weighted by Gasteiger charge is -2.17. The van der Waals surface area contributed by atoms with Crippen molar-refractivity contribution in [3.05, 3.63) is 28.8 Å². The molecule has 138 valence electrons. The monoisotopic (exact) mass is 393 g/mol. The van der Waals surface area contributed by atoms with Gasteiger partial charge in [0.2, 0.25) is 5.13 Å². The fourth-order valence-electron chi connectivity index (χ4n) is 2.76. The number of fused-ring (bicyclic) bond motifs is 1. The predicted octanol–water partition coefficient (Wildman–Crippen LogP) is 3.03. The van der Waals surface area contributed by atoms with Gasteiger partial charge in [-0.25, -0.2) is 0 Å². The van der Waals surface area contributed by atoms with Crippen LogP contribution in [0.5, 0.6) is 5.75 Å². The van der Waals surface area contributed by atoms with Crippen molar-refractivity contribution in [1.29, 1.82) is 0 Å². The van der Waals surface area contributed by atoms with E-state index in [2.05, 4.69) is 15.5 Å². The Balaban J connectivity index is 1.64. The number of esters is 1. The second-order valence-electron chi connectivity index (χ2n) is 5.77. The molecular weight excluding hydrogens is 374 g/mol. The highest BCUT2D eigenvalue weighted by Gasteiger charge is 2.19. The molecule has 0 fully saturated rings. The van der Waals surface area contributed by atoms with Crippen LogP contribution in [-0.4, -0.2) is 39.5 Å². The highest BCUT2D eigenvalue weighted by molar-refractivity contribution is 8.01. The summed E-state index contributed by atoms with van der Waals surface area (Å²) in [6, 6.07) is 3.45. The fourth-order valence-corrected chi connectivity index (χ4v) is 4.31. The maximum atomic E-state index is 12.5. The minimum Gasteiger partial charge on any atom is -0.507 e. The van der Waals surface area contributed by atoms with Gasteiger partial charge in [-0.2, -0.15) is 0 Å².